The molecule has 1 amide bonds. The molecular weight excluding hydrogens is 390 g/mol. The fourth-order valence-electron chi connectivity index (χ4n) is 2.21. The Morgan fingerprint density at radius 3 is 2.04 bits per heavy atom. The van der Waals surface area contributed by atoms with Crippen molar-refractivity contribution < 1.29 is 39.6 Å². The summed E-state index contributed by atoms with van der Waals surface area (Å²) >= 11 is 0. The van der Waals surface area contributed by atoms with Crippen molar-refractivity contribution in [1.29, 1.82) is 0 Å². The van der Waals surface area contributed by atoms with Crippen LogP contribution >= 0.6 is 0 Å². The summed E-state index contributed by atoms with van der Waals surface area (Å²) in [4.78, 5) is 10.9. The van der Waals surface area contributed by atoms with Gasteiger partial charge in [-0.05, 0) is 24.1 Å². The predicted molar refractivity (Wildman–Crippen MR) is 80.1 cm³/mol. The summed E-state index contributed by atoms with van der Waals surface area (Å²) in [5, 5.41) is 0. The number of sulfonamides is 1. The molecule has 0 saturated heterocycles. The summed E-state index contributed by atoms with van der Waals surface area (Å²) < 4.78 is 102. The van der Waals surface area contributed by atoms with Crippen LogP contribution in [0.3, 0.4) is 0 Å². The van der Waals surface area contributed by atoms with E-state index < -0.39 is 51.7 Å². The third kappa shape index (κ3) is 5.87. The van der Waals surface area contributed by atoms with Gasteiger partial charge in [-0.3, -0.25) is 4.79 Å². The van der Waals surface area contributed by atoms with Gasteiger partial charge in [-0.2, -0.15) is 30.6 Å². The van der Waals surface area contributed by atoms with E-state index in [1.54, 1.807) is 6.92 Å². The molecule has 0 aromatic heterocycles. The molecule has 0 aliphatic rings. The smallest absolute Gasteiger partial charge is 0.369 e. The quantitative estimate of drug-likeness (QED) is 0.707. The van der Waals surface area contributed by atoms with E-state index in [1.807, 2.05) is 0 Å². The van der Waals surface area contributed by atoms with Gasteiger partial charge in [0.15, 0.2) is 0 Å². The first-order valence-corrected chi connectivity index (χ1v) is 8.83. The van der Waals surface area contributed by atoms with E-state index in [0.717, 1.165) is 6.07 Å². The summed E-state index contributed by atoms with van der Waals surface area (Å²) in [6.07, 6.45) is -10.2. The first-order valence-electron chi connectivity index (χ1n) is 7.22. The Bertz CT molecular complexity index is 759. The van der Waals surface area contributed by atoms with Crippen LogP contribution in [0.4, 0.5) is 26.3 Å². The molecule has 0 fully saturated rings. The van der Waals surface area contributed by atoms with Crippen LogP contribution in [0.5, 0.6) is 0 Å². The van der Waals surface area contributed by atoms with Gasteiger partial charge in [0.25, 0.3) is 0 Å². The number of carbonyl (C=O) groups excluding carboxylic acids is 1. The van der Waals surface area contributed by atoms with Crippen LogP contribution in [0, 0.1) is 0 Å². The maximum Gasteiger partial charge on any atom is 0.417 e. The molecule has 0 spiro atoms. The molecule has 0 bridgehead atoms. The van der Waals surface area contributed by atoms with Crippen molar-refractivity contribution in [2.45, 2.75) is 32.2 Å². The number of nitrogens with two attached hydrogens (primary N) is 1. The molecule has 148 valence electrons. The van der Waals surface area contributed by atoms with Gasteiger partial charge in [0, 0.05) is 13.1 Å². The third-order valence-corrected chi connectivity index (χ3v) is 4.99. The summed E-state index contributed by atoms with van der Waals surface area (Å²) in [7, 11) is -4.21. The van der Waals surface area contributed by atoms with Crippen LogP contribution in [0.25, 0.3) is 0 Å². The second-order valence-electron chi connectivity index (χ2n) is 5.43. The third-order valence-electron chi connectivity index (χ3n) is 3.24. The van der Waals surface area contributed by atoms with E-state index in [9.17, 15) is 39.6 Å². The van der Waals surface area contributed by atoms with Crippen molar-refractivity contribution in [2.75, 3.05) is 12.3 Å². The fourth-order valence-corrected chi connectivity index (χ4v) is 3.56. The highest BCUT2D eigenvalue weighted by atomic mass is 32.2. The molecule has 2 N–H and O–H groups in total. The molecular formula is C14H16F6N2O3S. The van der Waals surface area contributed by atoms with Gasteiger partial charge in [-0.1, -0.05) is 13.0 Å². The SMILES string of the molecule is CCCN(Cc1ccc(C(F)(F)F)c(C(F)(F)F)c1)S(=O)(=O)CC(N)=O. The van der Waals surface area contributed by atoms with Crippen molar-refractivity contribution in [2.24, 2.45) is 5.73 Å². The number of halogens is 6. The summed E-state index contributed by atoms with van der Waals surface area (Å²) in [5.74, 6) is -2.21. The number of hydrogen-bond acceptors (Lipinski definition) is 3. The number of benzene rings is 1. The normalized spacial score (nSPS) is 13.2. The Hall–Kier alpha value is -1.82. The zero-order valence-electron chi connectivity index (χ0n) is 13.5. The van der Waals surface area contributed by atoms with Gasteiger partial charge >= 0.3 is 12.4 Å². The lowest BCUT2D eigenvalue weighted by molar-refractivity contribution is -0.162. The Balaban J connectivity index is 3.32. The van der Waals surface area contributed by atoms with E-state index in [1.165, 1.54) is 0 Å². The van der Waals surface area contributed by atoms with Gasteiger partial charge in [-0.25, -0.2) is 8.42 Å². The second kappa shape index (κ2) is 7.82. The number of primary amides is 1. The Morgan fingerprint density at radius 2 is 1.62 bits per heavy atom. The van der Waals surface area contributed by atoms with Crippen LogP contribution in [-0.2, 0) is 33.7 Å². The van der Waals surface area contributed by atoms with E-state index in [-0.39, 0.29) is 30.7 Å². The lowest BCUT2D eigenvalue weighted by atomic mass is 10.0. The van der Waals surface area contributed by atoms with Gasteiger partial charge in [0.2, 0.25) is 15.9 Å². The molecule has 0 unspecified atom stereocenters. The molecule has 0 aliphatic carbocycles. The summed E-state index contributed by atoms with van der Waals surface area (Å²) in [6.45, 7) is 0.823. The molecule has 1 rings (SSSR count). The second-order valence-corrected chi connectivity index (χ2v) is 7.40. The molecule has 1 aromatic rings. The number of rotatable bonds is 7. The zero-order chi connectivity index (χ0) is 20.3. The monoisotopic (exact) mass is 406 g/mol. The van der Waals surface area contributed by atoms with Crippen molar-refractivity contribution in [3.63, 3.8) is 0 Å². The van der Waals surface area contributed by atoms with Crippen molar-refractivity contribution in [3.05, 3.63) is 34.9 Å². The molecule has 26 heavy (non-hydrogen) atoms. The maximum atomic E-state index is 13.0. The van der Waals surface area contributed by atoms with E-state index in [2.05, 4.69) is 0 Å². The minimum atomic E-state index is -5.28. The predicted octanol–water partition coefficient (Wildman–Crippen LogP) is 2.75. The topological polar surface area (TPSA) is 80.5 Å². The minimum absolute atomic E-state index is 0.141. The number of nitrogens with zero attached hydrogens (tertiary/aromatic N) is 1. The highest BCUT2D eigenvalue weighted by Crippen LogP contribution is 2.40. The highest BCUT2D eigenvalue weighted by molar-refractivity contribution is 7.89. The lowest BCUT2D eigenvalue weighted by Crippen LogP contribution is -2.37. The molecule has 0 radical (unpaired) electrons. The molecule has 0 saturated carbocycles. The van der Waals surface area contributed by atoms with Crippen LogP contribution in [-0.4, -0.2) is 30.9 Å². The first-order chi connectivity index (χ1) is 11.7. The number of hydrogen-bond donors (Lipinski definition) is 1. The van der Waals surface area contributed by atoms with E-state index >= 15 is 0 Å². The van der Waals surface area contributed by atoms with E-state index in [4.69, 9.17) is 5.73 Å². The zero-order valence-corrected chi connectivity index (χ0v) is 14.3. The Kier molecular flexibility index (Phi) is 6.69. The molecule has 5 nitrogen and oxygen atoms in total. The van der Waals surface area contributed by atoms with E-state index in [0.29, 0.717) is 4.31 Å². The van der Waals surface area contributed by atoms with Crippen molar-refractivity contribution in [3.8, 4) is 0 Å². The van der Waals surface area contributed by atoms with Gasteiger partial charge in [0.1, 0.15) is 5.75 Å². The molecule has 0 atom stereocenters. The van der Waals surface area contributed by atoms with Crippen LogP contribution in [0.15, 0.2) is 18.2 Å². The molecule has 1 aromatic carbocycles. The number of alkyl halides is 6. The van der Waals surface area contributed by atoms with Crippen molar-refractivity contribution >= 4 is 15.9 Å². The average molecular weight is 406 g/mol. The van der Waals surface area contributed by atoms with Gasteiger partial charge in [0.05, 0.1) is 11.1 Å². The summed E-state index contributed by atoms with van der Waals surface area (Å²) in [5.41, 5.74) is 0.761. The van der Waals surface area contributed by atoms with Gasteiger partial charge < -0.3 is 5.73 Å². The maximum absolute atomic E-state index is 13.0. The summed E-state index contributed by atoms with van der Waals surface area (Å²) in [6, 6.07) is 1.27. The fraction of sp³-hybridized carbons (Fsp3) is 0.500. The van der Waals surface area contributed by atoms with Crippen LogP contribution in [0.1, 0.15) is 30.0 Å². The highest BCUT2D eigenvalue weighted by Gasteiger charge is 2.43. The van der Waals surface area contributed by atoms with Gasteiger partial charge in [-0.15, -0.1) is 0 Å². The Labute approximate surface area is 145 Å². The standard InChI is InChI=1S/C14H16F6N2O3S/c1-2-5-22(26(24,25)8-12(21)23)7-9-3-4-10(13(15,16)17)11(6-9)14(18,19)20/h3-4,6H,2,5,7-8H2,1H3,(H2,21,23). The lowest BCUT2D eigenvalue weighted by Gasteiger charge is -2.22. The minimum Gasteiger partial charge on any atom is -0.369 e. The molecule has 0 heterocycles. The first kappa shape index (κ1) is 22.2. The number of amides is 1. The largest absolute Gasteiger partial charge is 0.417 e. The van der Waals surface area contributed by atoms with Crippen molar-refractivity contribution in [1.82, 2.24) is 4.31 Å². The Morgan fingerprint density at radius 1 is 1.08 bits per heavy atom. The molecule has 12 heteroatoms. The molecule has 0 aliphatic heterocycles. The van der Waals surface area contributed by atoms with Crippen LogP contribution in [0.2, 0.25) is 0 Å². The number of carbonyl (C=O) groups is 1. The average Bonchev–Trinajstić information content (AvgIpc) is 2.43. The van der Waals surface area contributed by atoms with Crippen LogP contribution < -0.4 is 5.73 Å².